The molecule has 6 N–H and O–H groups in total. The van der Waals surface area contributed by atoms with Gasteiger partial charge in [-0.25, -0.2) is 9.79 Å². The van der Waals surface area contributed by atoms with Crippen molar-refractivity contribution in [2.75, 3.05) is 0 Å². The summed E-state index contributed by atoms with van der Waals surface area (Å²) in [6.45, 7) is 0. The molecule has 2 aromatic carbocycles. The monoisotopic (exact) mass is 452 g/mol. The summed E-state index contributed by atoms with van der Waals surface area (Å²) < 4.78 is 5.38. The van der Waals surface area contributed by atoms with Gasteiger partial charge in [0.05, 0.1) is 17.2 Å². The molecule has 1 aliphatic carbocycles. The Labute approximate surface area is 191 Å². The van der Waals surface area contributed by atoms with Crippen molar-refractivity contribution in [3.05, 3.63) is 59.7 Å². The lowest BCUT2D eigenvalue weighted by Gasteiger charge is -2.27. The van der Waals surface area contributed by atoms with Crippen LogP contribution in [-0.2, 0) is 16.0 Å². The van der Waals surface area contributed by atoms with E-state index in [0.29, 0.717) is 42.7 Å². The third kappa shape index (κ3) is 7.34. The van der Waals surface area contributed by atoms with Gasteiger partial charge in [0.1, 0.15) is 5.75 Å². The molecule has 0 saturated heterocycles. The maximum Gasteiger partial charge on any atom is 0.343 e. The first-order chi connectivity index (χ1) is 15.8. The first kappa shape index (κ1) is 23.8. The number of carboxylic acid groups (broad SMARTS) is 1. The molecule has 9 nitrogen and oxygen atoms in total. The first-order valence-corrected chi connectivity index (χ1v) is 10.8. The van der Waals surface area contributed by atoms with Crippen LogP contribution in [0, 0.1) is 5.92 Å². The largest absolute Gasteiger partial charge is 0.481 e. The van der Waals surface area contributed by atoms with Crippen molar-refractivity contribution in [3.8, 4) is 5.75 Å². The Kier molecular flexibility index (Phi) is 8.01. The van der Waals surface area contributed by atoms with E-state index >= 15 is 0 Å². The Morgan fingerprint density at radius 2 is 1.73 bits per heavy atom. The summed E-state index contributed by atoms with van der Waals surface area (Å²) in [4.78, 5) is 39.6. The van der Waals surface area contributed by atoms with Crippen molar-refractivity contribution in [2.24, 2.45) is 22.4 Å². The highest BCUT2D eigenvalue weighted by molar-refractivity contribution is 5.91. The van der Waals surface area contributed by atoms with Gasteiger partial charge in [-0.3, -0.25) is 9.59 Å². The maximum absolute atomic E-state index is 12.3. The molecule has 0 aliphatic heterocycles. The zero-order valence-corrected chi connectivity index (χ0v) is 18.2. The van der Waals surface area contributed by atoms with Crippen LogP contribution in [0.2, 0.25) is 0 Å². The number of hydrogen-bond acceptors (Lipinski definition) is 5. The lowest BCUT2D eigenvalue weighted by molar-refractivity contribution is -0.143. The number of aliphatic imine (C=N–C) groups is 1. The zero-order valence-electron chi connectivity index (χ0n) is 18.2. The number of hydrogen-bond donors (Lipinski definition) is 4. The molecule has 174 valence electrons. The Morgan fingerprint density at radius 1 is 1.03 bits per heavy atom. The number of aryl methyl sites for hydroxylation is 1. The zero-order chi connectivity index (χ0) is 23.8. The van der Waals surface area contributed by atoms with Crippen molar-refractivity contribution >= 4 is 29.5 Å². The Hall–Kier alpha value is -3.88. The van der Waals surface area contributed by atoms with Gasteiger partial charge in [0.2, 0.25) is 5.91 Å². The molecule has 1 aliphatic rings. The van der Waals surface area contributed by atoms with E-state index in [4.69, 9.17) is 21.3 Å². The molecular formula is C24H28N4O5. The molecule has 3 rings (SSSR count). The van der Waals surface area contributed by atoms with Crippen LogP contribution in [0.4, 0.5) is 5.69 Å². The van der Waals surface area contributed by atoms with Crippen LogP contribution in [0.25, 0.3) is 0 Å². The van der Waals surface area contributed by atoms with Gasteiger partial charge < -0.3 is 26.6 Å². The van der Waals surface area contributed by atoms with Crippen LogP contribution in [-0.4, -0.2) is 35.0 Å². The number of aliphatic carboxylic acids is 1. The van der Waals surface area contributed by atoms with Crippen molar-refractivity contribution in [1.29, 1.82) is 0 Å². The second-order valence-electron chi connectivity index (χ2n) is 8.08. The number of guanidine groups is 1. The normalized spacial score (nSPS) is 17.6. The molecule has 0 heterocycles. The maximum atomic E-state index is 12.3. The highest BCUT2D eigenvalue weighted by Crippen LogP contribution is 2.24. The predicted molar refractivity (Wildman–Crippen MR) is 123 cm³/mol. The van der Waals surface area contributed by atoms with Crippen LogP contribution in [0.5, 0.6) is 5.75 Å². The fourth-order valence-electron chi connectivity index (χ4n) is 3.81. The average Bonchev–Trinajstić information content (AvgIpc) is 2.79. The van der Waals surface area contributed by atoms with Crippen LogP contribution in [0.1, 0.15) is 48.0 Å². The van der Waals surface area contributed by atoms with Gasteiger partial charge in [-0.2, -0.15) is 0 Å². The quantitative estimate of drug-likeness (QED) is 0.207. The van der Waals surface area contributed by atoms with Crippen LogP contribution >= 0.6 is 0 Å². The minimum atomic E-state index is -0.794. The van der Waals surface area contributed by atoms with Gasteiger partial charge in [0, 0.05) is 12.5 Å². The average molecular weight is 453 g/mol. The van der Waals surface area contributed by atoms with Gasteiger partial charge in [-0.05, 0) is 67.6 Å². The van der Waals surface area contributed by atoms with E-state index in [-0.39, 0.29) is 23.8 Å². The smallest absolute Gasteiger partial charge is 0.343 e. The number of carbonyl (C=O) groups is 3. The number of rotatable bonds is 8. The van der Waals surface area contributed by atoms with E-state index in [0.717, 1.165) is 18.4 Å². The third-order valence-electron chi connectivity index (χ3n) is 5.52. The number of nitrogens with zero attached hydrogens (tertiary/aromatic N) is 1. The topological polar surface area (TPSA) is 157 Å². The summed E-state index contributed by atoms with van der Waals surface area (Å²) in [7, 11) is 0. The molecule has 1 saturated carbocycles. The van der Waals surface area contributed by atoms with Crippen molar-refractivity contribution < 1.29 is 24.2 Å². The summed E-state index contributed by atoms with van der Waals surface area (Å²) in [6.07, 6.45) is 3.60. The second kappa shape index (κ2) is 11.1. The minimum Gasteiger partial charge on any atom is -0.481 e. The number of nitrogens with one attached hydrogen (secondary N) is 1. The van der Waals surface area contributed by atoms with Gasteiger partial charge in [-0.1, -0.05) is 18.6 Å². The molecular weight excluding hydrogens is 424 g/mol. The molecule has 0 radical (unpaired) electrons. The molecule has 1 fully saturated rings. The summed E-state index contributed by atoms with van der Waals surface area (Å²) in [5, 5.41) is 12.1. The van der Waals surface area contributed by atoms with Crippen LogP contribution < -0.4 is 21.5 Å². The molecule has 2 unspecified atom stereocenters. The molecule has 2 atom stereocenters. The van der Waals surface area contributed by atoms with E-state index < -0.39 is 11.9 Å². The van der Waals surface area contributed by atoms with Crippen molar-refractivity contribution in [2.45, 2.75) is 44.6 Å². The first-order valence-electron chi connectivity index (χ1n) is 10.8. The number of carbonyl (C=O) groups excluding carboxylic acids is 2. The van der Waals surface area contributed by atoms with Crippen molar-refractivity contribution in [1.82, 2.24) is 5.32 Å². The van der Waals surface area contributed by atoms with Gasteiger partial charge in [0.15, 0.2) is 5.96 Å². The predicted octanol–water partition coefficient (Wildman–Crippen LogP) is 2.50. The lowest BCUT2D eigenvalue weighted by Crippen LogP contribution is -2.40. The second-order valence-corrected chi connectivity index (χ2v) is 8.08. The Morgan fingerprint density at radius 3 is 2.36 bits per heavy atom. The fourth-order valence-corrected chi connectivity index (χ4v) is 3.81. The third-order valence-corrected chi connectivity index (χ3v) is 5.52. The number of amides is 1. The van der Waals surface area contributed by atoms with Crippen LogP contribution in [0.15, 0.2) is 53.5 Å². The minimum absolute atomic E-state index is 0.0660. The standard InChI is InChI=1S/C24H28N4O5/c25-24(26)28-18-9-7-16(8-10-18)23(32)33-20-11-4-15(5-12-20)6-13-21(29)27-19-3-1-2-17(14-19)22(30)31/h4-5,7-12,17,19H,1-3,6,13-14H2,(H,27,29)(H,30,31)(H4,25,26,28). The number of benzene rings is 2. The summed E-state index contributed by atoms with van der Waals surface area (Å²) in [6, 6.07) is 13.2. The SMILES string of the molecule is NC(N)=Nc1ccc(C(=O)Oc2ccc(CCC(=O)NC3CCCC(C(=O)O)C3)cc2)cc1. The lowest BCUT2D eigenvalue weighted by atomic mass is 9.85. The number of nitrogens with two attached hydrogens (primary N) is 2. The molecule has 33 heavy (non-hydrogen) atoms. The Bertz CT molecular complexity index is 1010. The summed E-state index contributed by atoms with van der Waals surface area (Å²) in [5.41, 5.74) is 12.5. The number of esters is 1. The fraction of sp³-hybridized carbons (Fsp3) is 0.333. The van der Waals surface area contributed by atoms with Crippen LogP contribution in [0.3, 0.4) is 0 Å². The summed E-state index contributed by atoms with van der Waals surface area (Å²) >= 11 is 0. The van der Waals surface area contributed by atoms with Crippen molar-refractivity contribution in [3.63, 3.8) is 0 Å². The molecule has 0 aromatic heterocycles. The number of ether oxygens (including phenoxy) is 1. The number of carboxylic acids is 1. The summed E-state index contributed by atoms with van der Waals surface area (Å²) in [5.74, 6) is -1.45. The Balaban J connectivity index is 1.46. The molecule has 2 aromatic rings. The van der Waals surface area contributed by atoms with E-state index in [2.05, 4.69) is 10.3 Å². The highest BCUT2D eigenvalue weighted by Gasteiger charge is 2.27. The van der Waals surface area contributed by atoms with Gasteiger partial charge in [-0.15, -0.1) is 0 Å². The molecule has 1 amide bonds. The molecule has 0 spiro atoms. The van der Waals surface area contributed by atoms with E-state index in [1.54, 1.807) is 48.5 Å². The van der Waals surface area contributed by atoms with E-state index in [1.807, 2.05) is 0 Å². The highest BCUT2D eigenvalue weighted by atomic mass is 16.5. The van der Waals surface area contributed by atoms with E-state index in [1.165, 1.54) is 0 Å². The molecule has 0 bridgehead atoms. The molecule has 9 heteroatoms. The van der Waals surface area contributed by atoms with E-state index in [9.17, 15) is 14.4 Å². The van der Waals surface area contributed by atoms with Gasteiger partial charge >= 0.3 is 11.9 Å². The van der Waals surface area contributed by atoms with Gasteiger partial charge in [0.25, 0.3) is 0 Å².